The van der Waals surface area contributed by atoms with Gasteiger partial charge in [-0.25, -0.2) is 4.79 Å². The van der Waals surface area contributed by atoms with Gasteiger partial charge in [0.05, 0.1) is 6.04 Å². The SMILES string of the molecule is Cc1ccc(CC(C=O)NC(=O)OC(C)(C)C)cc1. The Balaban J connectivity index is 2.57. The van der Waals surface area contributed by atoms with Crippen LogP contribution >= 0.6 is 0 Å². The average Bonchev–Trinajstić information content (AvgIpc) is 2.28. The quantitative estimate of drug-likeness (QED) is 0.850. The highest BCUT2D eigenvalue weighted by Gasteiger charge is 2.19. The smallest absolute Gasteiger partial charge is 0.408 e. The van der Waals surface area contributed by atoms with Crippen molar-refractivity contribution in [2.75, 3.05) is 0 Å². The molecular formula is C15H21NO3. The van der Waals surface area contributed by atoms with Crippen LogP contribution in [0.1, 0.15) is 31.9 Å². The van der Waals surface area contributed by atoms with Crippen LogP contribution in [0.3, 0.4) is 0 Å². The molecule has 0 spiro atoms. The summed E-state index contributed by atoms with van der Waals surface area (Å²) < 4.78 is 5.12. The predicted molar refractivity (Wildman–Crippen MR) is 74.1 cm³/mol. The fourth-order valence-electron chi connectivity index (χ4n) is 1.57. The predicted octanol–water partition coefficient (Wildman–Crippen LogP) is 2.63. The van der Waals surface area contributed by atoms with Gasteiger partial charge in [0.1, 0.15) is 11.9 Å². The molecule has 19 heavy (non-hydrogen) atoms. The molecule has 0 aliphatic rings. The average molecular weight is 263 g/mol. The Hall–Kier alpha value is -1.84. The number of aldehydes is 1. The Morgan fingerprint density at radius 1 is 1.32 bits per heavy atom. The molecular weight excluding hydrogens is 242 g/mol. The minimum atomic E-state index is -0.572. The molecule has 0 fully saturated rings. The van der Waals surface area contributed by atoms with Crippen molar-refractivity contribution < 1.29 is 14.3 Å². The zero-order valence-corrected chi connectivity index (χ0v) is 11.9. The van der Waals surface area contributed by atoms with Crippen LogP contribution in [0.2, 0.25) is 0 Å². The van der Waals surface area contributed by atoms with Gasteiger partial charge in [-0.05, 0) is 39.7 Å². The van der Waals surface area contributed by atoms with Gasteiger partial charge in [0.15, 0.2) is 0 Å². The maximum absolute atomic E-state index is 11.6. The third kappa shape index (κ3) is 6.04. The molecule has 0 saturated heterocycles. The van der Waals surface area contributed by atoms with Gasteiger partial charge in [0.2, 0.25) is 0 Å². The van der Waals surface area contributed by atoms with Crippen molar-refractivity contribution in [3.8, 4) is 0 Å². The summed E-state index contributed by atoms with van der Waals surface area (Å²) in [6, 6.07) is 7.28. The lowest BCUT2D eigenvalue weighted by Crippen LogP contribution is -2.41. The third-order valence-corrected chi connectivity index (χ3v) is 2.44. The minimum absolute atomic E-state index is 0.461. The highest BCUT2D eigenvalue weighted by Crippen LogP contribution is 2.08. The second kappa shape index (κ2) is 6.36. The van der Waals surface area contributed by atoms with Crippen LogP contribution in [0.25, 0.3) is 0 Å². The van der Waals surface area contributed by atoms with Crippen LogP contribution in [0.5, 0.6) is 0 Å². The lowest BCUT2D eigenvalue weighted by atomic mass is 10.1. The molecule has 1 rings (SSSR count). The number of amides is 1. The van der Waals surface area contributed by atoms with Crippen molar-refractivity contribution >= 4 is 12.4 Å². The fourth-order valence-corrected chi connectivity index (χ4v) is 1.57. The Bertz CT molecular complexity index is 432. The van der Waals surface area contributed by atoms with E-state index in [1.165, 1.54) is 0 Å². The molecule has 1 N–H and O–H groups in total. The number of benzene rings is 1. The number of hydrogen-bond acceptors (Lipinski definition) is 3. The van der Waals surface area contributed by atoms with Crippen LogP contribution in [0, 0.1) is 6.92 Å². The molecule has 1 aromatic rings. The summed E-state index contributed by atoms with van der Waals surface area (Å²) in [5.74, 6) is 0. The van der Waals surface area contributed by atoms with E-state index in [1.807, 2.05) is 31.2 Å². The number of rotatable bonds is 4. The van der Waals surface area contributed by atoms with Crippen LogP contribution in [0.15, 0.2) is 24.3 Å². The molecule has 0 aliphatic heterocycles. The molecule has 4 heteroatoms. The van der Waals surface area contributed by atoms with E-state index in [1.54, 1.807) is 20.8 Å². The Kier molecular flexibility index (Phi) is 5.10. The standard InChI is InChI=1S/C15H21NO3/c1-11-5-7-12(8-6-11)9-13(10-17)16-14(18)19-15(2,3)4/h5-8,10,13H,9H2,1-4H3,(H,16,18). The second-order valence-electron chi connectivity index (χ2n) is 5.58. The molecule has 0 aliphatic carbocycles. The van der Waals surface area contributed by atoms with Gasteiger partial charge in [0, 0.05) is 0 Å². The van der Waals surface area contributed by atoms with E-state index in [0.717, 1.165) is 17.4 Å². The van der Waals surface area contributed by atoms with Crippen molar-refractivity contribution in [2.24, 2.45) is 0 Å². The van der Waals surface area contributed by atoms with Gasteiger partial charge in [-0.3, -0.25) is 0 Å². The zero-order chi connectivity index (χ0) is 14.5. The van der Waals surface area contributed by atoms with E-state index in [-0.39, 0.29) is 0 Å². The Labute approximate surface area is 114 Å². The van der Waals surface area contributed by atoms with Crippen LogP contribution in [0.4, 0.5) is 4.79 Å². The Morgan fingerprint density at radius 2 is 1.89 bits per heavy atom. The second-order valence-corrected chi connectivity index (χ2v) is 5.58. The summed E-state index contributed by atoms with van der Waals surface area (Å²) in [4.78, 5) is 22.6. The number of nitrogens with one attached hydrogen (secondary N) is 1. The first-order chi connectivity index (χ1) is 8.80. The molecule has 0 aromatic heterocycles. The van der Waals surface area contributed by atoms with Crippen LogP contribution in [-0.4, -0.2) is 24.0 Å². The molecule has 0 saturated carbocycles. The number of alkyl carbamates (subject to hydrolysis) is 1. The van der Waals surface area contributed by atoms with E-state index in [2.05, 4.69) is 5.32 Å². The normalized spacial score (nSPS) is 12.6. The third-order valence-electron chi connectivity index (χ3n) is 2.44. The number of carbonyl (C=O) groups excluding carboxylic acids is 2. The van der Waals surface area contributed by atoms with E-state index in [4.69, 9.17) is 4.74 Å². The first-order valence-electron chi connectivity index (χ1n) is 6.30. The van der Waals surface area contributed by atoms with Gasteiger partial charge >= 0.3 is 6.09 Å². The lowest BCUT2D eigenvalue weighted by Gasteiger charge is -2.21. The van der Waals surface area contributed by atoms with E-state index in [0.29, 0.717) is 6.42 Å². The number of hydrogen-bond donors (Lipinski definition) is 1. The molecule has 0 heterocycles. The van der Waals surface area contributed by atoms with E-state index in [9.17, 15) is 9.59 Å². The van der Waals surface area contributed by atoms with Crippen molar-refractivity contribution in [1.82, 2.24) is 5.32 Å². The summed E-state index contributed by atoms with van der Waals surface area (Å²) >= 11 is 0. The first-order valence-corrected chi connectivity index (χ1v) is 6.30. The summed E-state index contributed by atoms with van der Waals surface area (Å²) in [5.41, 5.74) is 1.59. The van der Waals surface area contributed by atoms with E-state index >= 15 is 0 Å². The fraction of sp³-hybridized carbons (Fsp3) is 0.467. The van der Waals surface area contributed by atoms with Crippen LogP contribution in [-0.2, 0) is 16.0 Å². The van der Waals surface area contributed by atoms with Crippen molar-refractivity contribution in [3.63, 3.8) is 0 Å². The van der Waals surface area contributed by atoms with E-state index < -0.39 is 17.7 Å². The molecule has 1 atom stereocenters. The van der Waals surface area contributed by atoms with Crippen molar-refractivity contribution in [1.29, 1.82) is 0 Å². The Morgan fingerprint density at radius 3 is 2.37 bits per heavy atom. The largest absolute Gasteiger partial charge is 0.444 e. The number of aryl methyl sites for hydroxylation is 1. The van der Waals surface area contributed by atoms with Gasteiger partial charge < -0.3 is 14.8 Å². The summed E-state index contributed by atoms with van der Waals surface area (Å²) in [6.07, 6.45) is 0.615. The van der Waals surface area contributed by atoms with Crippen molar-refractivity contribution in [3.05, 3.63) is 35.4 Å². The highest BCUT2D eigenvalue weighted by molar-refractivity contribution is 5.73. The van der Waals surface area contributed by atoms with Gasteiger partial charge in [-0.15, -0.1) is 0 Å². The molecule has 1 unspecified atom stereocenters. The topological polar surface area (TPSA) is 55.4 Å². The summed E-state index contributed by atoms with van der Waals surface area (Å²) in [7, 11) is 0. The molecule has 1 aromatic carbocycles. The molecule has 0 radical (unpaired) electrons. The number of ether oxygens (including phenoxy) is 1. The van der Waals surface area contributed by atoms with Crippen LogP contribution < -0.4 is 5.32 Å². The maximum Gasteiger partial charge on any atom is 0.408 e. The zero-order valence-electron chi connectivity index (χ0n) is 11.9. The molecule has 0 bridgehead atoms. The lowest BCUT2D eigenvalue weighted by molar-refractivity contribution is -0.109. The highest BCUT2D eigenvalue weighted by atomic mass is 16.6. The minimum Gasteiger partial charge on any atom is -0.444 e. The maximum atomic E-state index is 11.6. The van der Waals surface area contributed by atoms with Gasteiger partial charge in [-0.2, -0.15) is 0 Å². The van der Waals surface area contributed by atoms with Gasteiger partial charge in [-0.1, -0.05) is 29.8 Å². The number of carbonyl (C=O) groups is 2. The summed E-state index contributed by atoms with van der Waals surface area (Å²) in [6.45, 7) is 7.34. The monoisotopic (exact) mass is 263 g/mol. The molecule has 104 valence electrons. The summed E-state index contributed by atoms with van der Waals surface area (Å²) in [5, 5.41) is 2.56. The molecule has 4 nitrogen and oxygen atoms in total. The van der Waals surface area contributed by atoms with Gasteiger partial charge in [0.25, 0.3) is 0 Å². The van der Waals surface area contributed by atoms with Crippen molar-refractivity contribution in [2.45, 2.75) is 45.8 Å². The molecule has 1 amide bonds. The first kappa shape index (κ1) is 15.2.